The van der Waals surface area contributed by atoms with Crippen LogP contribution in [0.2, 0.25) is 0 Å². The van der Waals surface area contributed by atoms with Gasteiger partial charge in [-0.3, -0.25) is 4.90 Å². The van der Waals surface area contributed by atoms with Gasteiger partial charge in [0.15, 0.2) is 6.10 Å². The van der Waals surface area contributed by atoms with Crippen molar-refractivity contribution in [3.8, 4) is 5.75 Å². The van der Waals surface area contributed by atoms with Crippen LogP contribution < -0.4 is 0 Å². The number of fused-ring (bicyclic) bond motifs is 3. The maximum Gasteiger partial charge on any atom is 0.336 e. The van der Waals surface area contributed by atoms with Crippen molar-refractivity contribution in [1.82, 2.24) is 4.90 Å². The molecule has 1 aromatic carbocycles. The molecule has 5 nitrogen and oxygen atoms in total. The number of aryl methyl sites for hydroxylation is 1. The minimum Gasteiger partial charge on any atom is -0.508 e. The molecular weight excluding hydrogens is 294 g/mol. The average molecular weight is 319 g/mol. The second-order valence-electron chi connectivity index (χ2n) is 6.28. The third kappa shape index (κ3) is 3.21. The number of benzene rings is 1. The number of esters is 1. The fourth-order valence-corrected chi connectivity index (χ4v) is 3.75. The first-order valence-electron chi connectivity index (χ1n) is 8.52. The van der Waals surface area contributed by atoms with Gasteiger partial charge in [-0.2, -0.15) is 0 Å². The number of ether oxygens (including phenoxy) is 2. The number of rotatable bonds is 4. The zero-order valence-corrected chi connectivity index (χ0v) is 13.8. The van der Waals surface area contributed by atoms with Gasteiger partial charge in [-0.05, 0) is 56.0 Å². The van der Waals surface area contributed by atoms with E-state index in [1.807, 2.05) is 6.07 Å². The second-order valence-corrected chi connectivity index (χ2v) is 6.28. The van der Waals surface area contributed by atoms with E-state index >= 15 is 0 Å². The molecule has 126 valence electrons. The molecule has 0 radical (unpaired) electrons. The normalized spacial score (nSPS) is 27.1. The molecule has 1 saturated heterocycles. The largest absolute Gasteiger partial charge is 0.508 e. The van der Waals surface area contributed by atoms with Crippen molar-refractivity contribution in [3.05, 3.63) is 29.3 Å². The lowest BCUT2D eigenvalue weighted by Gasteiger charge is -2.46. The molecule has 1 aliphatic heterocycles. The average Bonchev–Trinajstić information content (AvgIpc) is 2.55. The van der Waals surface area contributed by atoms with Gasteiger partial charge in [-0.15, -0.1) is 0 Å². The van der Waals surface area contributed by atoms with Crippen molar-refractivity contribution < 1.29 is 19.4 Å². The van der Waals surface area contributed by atoms with Gasteiger partial charge in [0.1, 0.15) is 5.75 Å². The number of morpholine rings is 1. The van der Waals surface area contributed by atoms with E-state index in [1.54, 1.807) is 19.1 Å². The van der Waals surface area contributed by atoms with Crippen LogP contribution in [-0.2, 0) is 20.7 Å². The van der Waals surface area contributed by atoms with Crippen LogP contribution in [0.25, 0.3) is 0 Å². The molecule has 23 heavy (non-hydrogen) atoms. The number of carbonyl (C=O) groups excluding carboxylic acids is 1. The molecule has 2 aliphatic rings. The number of hydrogen-bond donors (Lipinski definition) is 1. The highest BCUT2D eigenvalue weighted by Crippen LogP contribution is 2.40. The fourth-order valence-electron chi connectivity index (χ4n) is 3.75. The molecule has 0 aromatic heterocycles. The van der Waals surface area contributed by atoms with E-state index < -0.39 is 6.10 Å². The first-order valence-corrected chi connectivity index (χ1v) is 8.52. The lowest BCUT2D eigenvalue weighted by molar-refractivity contribution is -0.179. The summed E-state index contributed by atoms with van der Waals surface area (Å²) >= 11 is 0. The number of aromatic hydroxyl groups is 1. The summed E-state index contributed by atoms with van der Waals surface area (Å²) in [7, 11) is 0. The van der Waals surface area contributed by atoms with Crippen LogP contribution in [0.1, 0.15) is 43.9 Å². The van der Waals surface area contributed by atoms with Gasteiger partial charge in [-0.25, -0.2) is 4.79 Å². The molecule has 5 heteroatoms. The molecule has 0 saturated carbocycles. The number of carbonyl (C=O) groups is 1. The smallest absolute Gasteiger partial charge is 0.336 e. The zero-order chi connectivity index (χ0) is 16.4. The molecule has 1 unspecified atom stereocenters. The second kappa shape index (κ2) is 6.89. The Balaban J connectivity index is 1.90. The topological polar surface area (TPSA) is 59.0 Å². The first-order chi connectivity index (χ1) is 11.1. The van der Waals surface area contributed by atoms with Crippen molar-refractivity contribution in [2.24, 2.45) is 0 Å². The SMILES string of the molecule is CCCN1CC(C(=O)OCC)O[C@@H]2c3cc(O)ccc3CC[C@H]21. The first kappa shape index (κ1) is 16.3. The third-order valence-corrected chi connectivity index (χ3v) is 4.74. The third-order valence-electron chi connectivity index (χ3n) is 4.74. The zero-order valence-electron chi connectivity index (χ0n) is 13.8. The van der Waals surface area contributed by atoms with E-state index in [-0.39, 0.29) is 23.9 Å². The predicted molar refractivity (Wildman–Crippen MR) is 86.3 cm³/mol. The van der Waals surface area contributed by atoms with Crippen molar-refractivity contribution in [1.29, 1.82) is 0 Å². The molecule has 1 aromatic rings. The van der Waals surface area contributed by atoms with E-state index in [0.29, 0.717) is 13.2 Å². The highest BCUT2D eigenvalue weighted by molar-refractivity contribution is 5.75. The van der Waals surface area contributed by atoms with Gasteiger partial charge in [0, 0.05) is 12.6 Å². The van der Waals surface area contributed by atoms with E-state index in [0.717, 1.165) is 31.4 Å². The highest BCUT2D eigenvalue weighted by Gasteiger charge is 2.43. The summed E-state index contributed by atoms with van der Waals surface area (Å²) in [4.78, 5) is 14.5. The molecule has 1 N–H and O–H groups in total. The summed E-state index contributed by atoms with van der Waals surface area (Å²) in [5.41, 5.74) is 2.21. The van der Waals surface area contributed by atoms with Crippen molar-refractivity contribution >= 4 is 5.97 Å². The predicted octanol–water partition coefficient (Wildman–Crippen LogP) is 2.42. The van der Waals surface area contributed by atoms with Crippen molar-refractivity contribution in [2.45, 2.75) is 51.4 Å². The molecule has 3 rings (SSSR count). The standard InChI is InChI=1S/C18H25NO4/c1-3-9-19-11-16(18(21)22-4-2)23-17-14-10-13(20)7-5-12(14)6-8-15(17)19/h5,7,10,15-17,20H,3-4,6,8-9,11H2,1-2H3/t15-,16?,17-/m1/s1. The van der Waals surface area contributed by atoms with Gasteiger partial charge in [-0.1, -0.05) is 13.0 Å². The van der Waals surface area contributed by atoms with Crippen molar-refractivity contribution in [3.63, 3.8) is 0 Å². The molecule has 3 atom stereocenters. The summed E-state index contributed by atoms with van der Waals surface area (Å²) in [5.74, 6) is -0.0485. The van der Waals surface area contributed by atoms with Gasteiger partial charge in [0.25, 0.3) is 0 Å². The van der Waals surface area contributed by atoms with Crippen molar-refractivity contribution in [2.75, 3.05) is 19.7 Å². The summed E-state index contributed by atoms with van der Waals surface area (Å²) < 4.78 is 11.3. The van der Waals surface area contributed by atoms with Crippen LogP contribution in [0.3, 0.4) is 0 Å². The Morgan fingerprint density at radius 1 is 1.43 bits per heavy atom. The number of phenols is 1. The number of nitrogens with zero attached hydrogens (tertiary/aromatic N) is 1. The maximum absolute atomic E-state index is 12.2. The Morgan fingerprint density at radius 3 is 3.00 bits per heavy atom. The van der Waals surface area contributed by atoms with Gasteiger partial charge in [0.05, 0.1) is 12.7 Å². The lowest BCUT2D eigenvalue weighted by Crippen LogP contribution is -2.55. The van der Waals surface area contributed by atoms with E-state index in [2.05, 4.69) is 11.8 Å². The van der Waals surface area contributed by atoms with E-state index in [1.165, 1.54) is 5.56 Å². The molecule has 1 aliphatic carbocycles. The van der Waals surface area contributed by atoms with Crippen LogP contribution in [0.15, 0.2) is 18.2 Å². The fraction of sp³-hybridized carbons (Fsp3) is 0.611. The molecule has 0 spiro atoms. The molecule has 0 amide bonds. The minimum absolute atomic E-state index is 0.180. The number of hydrogen-bond acceptors (Lipinski definition) is 5. The molecule has 1 fully saturated rings. The van der Waals surface area contributed by atoms with Gasteiger partial charge in [0.2, 0.25) is 0 Å². The Labute approximate surface area is 137 Å². The summed E-state index contributed by atoms with van der Waals surface area (Å²) in [6.07, 6.45) is 2.28. The van der Waals surface area contributed by atoms with Crippen LogP contribution in [0.5, 0.6) is 5.75 Å². The molecular formula is C18H25NO4. The van der Waals surface area contributed by atoms with Crippen LogP contribution in [0, 0.1) is 0 Å². The Hall–Kier alpha value is -1.59. The van der Waals surface area contributed by atoms with Crippen LogP contribution in [0.4, 0.5) is 0 Å². The van der Waals surface area contributed by atoms with E-state index in [4.69, 9.17) is 9.47 Å². The van der Waals surface area contributed by atoms with E-state index in [9.17, 15) is 9.90 Å². The Morgan fingerprint density at radius 2 is 2.26 bits per heavy atom. The van der Waals surface area contributed by atoms with Gasteiger partial charge < -0.3 is 14.6 Å². The monoisotopic (exact) mass is 319 g/mol. The summed E-state index contributed by atoms with van der Waals surface area (Å²) in [6.45, 7) is 5.84. The molecule has 0 bridgehead atoms. The maximum atomic E-state index is 12.2. The molecule has 1 heterocycles. The summed E-state index contributed by atoms with van der Waals surface area (Å²) in [5, 5.41) is 9.85. The quantitative estimate of drug-likeness (QED) is 0.864. The highest BCUT2D eigenvalue weighted by atomic mass is 16.6. The summed E-state index contributed by atoms with van der Waals surface area (Å²) in [6, 6.07) is 5.72. The van der Waals surface area contributed by atoms with Gasteiger partial charge >= 0.3 is 5.97 Å². The van der Waals surface area contributed by atoms with Crippen LogP contribution >= 0.6 is 0 Å². The minimum atomic E-state index is -0.559. The van der Waals surface area contributed by atoms with Crippen LogP contribution in [-0.4, -0.2) is 47.8 Å². The Kier molecular flexibility index (Phi) is 4.87. The Bertz CT molecular complexity index is 574. The lowest BCUT2D eigenvalue weighted by atomic mass is 9.83. The number of phenolic OH excluding ortho intramolecular Hbond substituents is 1.